The molecule has 1 aromatic heterocycles. The van der Waals surface area contributed by atoms with E-state index in [0.717, 1.165) is 12.8 Å². The second-order valence-corrected chi connectivity index (χ2v) is 3.34. The zero-order valence-electron chi connectivity index (χ0n) is 8.82. The summed E-state index contributed by atoms with van der Waals surface area (Å²) in [7, 11) is 0. The molecule has 1 aromatic rings. The monoisotopic (exact) mass is 228 g/mol. The quantitative estimate of drug-likeness (QED) is 0.459. The maximum atomic E-state index is 11.3. The van der Waals surface area contributed by atoms with E-state index in [1.165, 1.54) is 0 Å². The highest BCUT2D eigenvalue weighted by molar-refractivity contribution is 5.25. The molecule has 0 amide bonds. The lowest BCUT2D eigenvalue weighted by atomic mass is 10.1. The Balaban J connectivity index is 3.10. The van der Waals surface area contributed by atoms with E-state index < -0.39 is 22.1 Å². The number of H-pyrrole nitrogens is 1. The molecule has 1 rings (SSSR count). The Labute approximate surface area is 90.3 Å². The normalized spacial score (nSPS) is 10.3. The first-order chi connectivity index (χ1) is 7.56. The van der Waals surface area contributed by atoms with Gasteiger partial charge in [0.2, 0.25) is 0 Å². The van der Waals surface area contributed by atoms with E-state index in [-0.39, 0.29) is 12.0 Å². The van der Waals surface area contributed by atoms with Crippen LogP contribution in [-0.2, 0) is 6.42 Å². The molecule has 0 radical (unpaired) electrons. The molecule has 1 heterocycles. The molecule has 0 spiro atoms. The third kappa shape index (κ3) is 2.78. The van der Waals surface area contributed by atoms with Crippen LogP contribution >= 0.6 is 0 Å². The summed E-state index contributed by atoms with van der Waals surface area (Å²) >= 11 is 0. The second-order valence-electron chi connectivity index (χ2n) is 3.34. The van der Waals surface area contributed by atoms with Gasteiger partial charge in [-0.05, 0) is 12.8 Å². The van der Waals surface area contributed by atoms with Gasteiger partial charge in [0.25, 0.3) is 5.56 Å². The van der Waals surface area contributed by atoms with Gasteiger partial charge in [-0.15, -0.1) is 0 Å². The molecule has 0 fully saturated rings. The van der Waals surface area contributed by atoms with E-state index in [9.17, 15) is 19.7 Å². The van der Waals surface area contributed by atoms with Crippen LogP contribution in [0, 0.1) is 10.1 Å². The number of unbranched alkanes of at least 4 members (excludes halogenated alkanes) is 2. The van der Waals surface area contributed by atoms with E-state index in [0.29, 0.717) is 6.42 Å². The standard InChI is InChI=1S/C9H12N2O5/c1-2-3-4-5-6-7(12)10-9(13)16-8(6)11(14)15/h2-5H2,1H3,(H,10,12,13). The van der Waals surface area contributed by atoms with Crippen LogP contribution in [0.3, 0.4) is 0 Å². The molecule has 0 saturated carbocycles. The predicted molar refractivity (Wildman–Crippen MR) is 55.5 cm³/mol. The number of hydrogen-bond acceptors (Lipinski definition) is 5. The third-order valence-electron chi connectivity index (χ3n) is 2.13. The summed E-state index contributed by atoms with van der Waals surface area (Å²) in [6.45, 7) is 1.98. The van der Waals surface area contributed by atoms with Gasteiger partial charge in [-0.1, -0.05) is 19.8 Å². The molecule has 7 heteroatoms. The van der Waals surface area contributed by atoms with Crippen molar-refractivity contribution in [2.45, 2.75) is 32.6 Å². The Bertz CT molecular complexity index is 487. The molecular formula is C9H12N2O5. The van der Waals surface area contributed by atoms with Gasteiger partial charge in [-0.3, -0.25) is 19.9 Å². The first-order valence-electron chi connectivity index (χ1n) is 4.97. The second kappa shape index (κ2) is 5.24. The van der Waals surface area contributed by atoms with Crippen molar-refractivity contribution in [1.29, 1.82) is 0 Å². The van der Waals surface area contributed by atoms with Crippen molar-refractivity contribution in [2.75, 3.05) is 0 Å². The fourth-order valence-corrected chi connectivity index (χ4v) is 1.36. The van der Waals surface area contributed by atoms with Crippen LogP contribution in [0.4, 0.5) is 5.88 Å². The van der Waals surface area contributed by atoms with Crippen LogP contribution in [0.2, 0.25) is 0 Å². The van der Waals surface area contributed by atoms with Crippen LogP contribution in [0.1, 0.15) is 31.7 Å². The van der Waals surface area contributed by atoms with Gasteiger partial charge >= 0.3 is 11.6 Å². The summed E-state index contributed by atoms with van der Waals surface area (Å²) in [6.07, 6.45) is 2.68. The fourth-order valence-electron chi connectivity index (χ4n) is 1.36. The van der Waals surface area contributed by atoms with Crippen molar-refractivity contribution >= 4 is 5.88 Å². The Morgan fingerprint density at radius 1 is 1.38 bits per heavy atom. The lowest BCUT2D eigenvalue weighted by molar-refractivity contribution is -0.404. The molecule has 0 unspecified atom stereocenters. The Morgan fingerprint density at radius 2 is 2.06 bits per heavy atom. The van der Waals surface area contributed by atoms with E-state index in [1.807, 2.05) is 11.9 Å². The molecule has 0 aliphatic heterocycles. The molecule has 0 aromatic carbocycles. The van der Waals surface area contributed by atoms with Gasteiger partial charge in [-0.25, -0.2) is 4.79 Å². The number of rotatable bonds is 5. The minimum atomic E-state index is -1.10. The van der Waals surface area contributed by atoms with Crippen LogP contribution in [0.15, 0.2) is 14.0 Å². The molecule has 1 N–H and O–H groups in total. The van der Waals surface area contributed by atoms with Crippen LogP contribution < -0.4 is 11.3 Å². The average molecular weight is 228 g/mol. The smallest absolute Gasteiger partial charge is 0.349 e. The maximum absolute atomic E-state index is 11.3. The Morgan fingerprint density at radius 3 is 2.62 bits per heavy atom. The first kappa shape index (κ1) is 12.2. The van der Waals surface area contributed by atoms with Crippen LogP contribution in [0.5, 0.6) is 0 Å². The molecule has 0 aliphatic rings. The van der Waals surface area contributed by atoms with Crippen LogP contribution in [-0.4, -0.2) is 9.91 Å². The van der Waals surface area contributed by atoms with Crippen molar-refractivity contribution in [2.24, 2.45) is 0 Å². The lowest BCUT2D eigenvalue weighted by Crippen LogP contribution is -2.23. The van der Waals surface area contributed by atoms with E-state index in [2.05, 4.69) is 4.42 Å². The molecule has 16 heavy (non-hydrogen) atoms. The summed E-state index contributed by atoms with van der Waals surface area (Å²) in [5, 5.41) is 10.6. The topological polar surface area (TPSA) is 106 Å². The number of nitrogens with one attached hydrogen (secondary N) is 1. The van der Waals surface area contributed by atoms with Gasteiger partial charge in [0.05, 0.1) is 0 Å². The molecule has 7 nitrogen and oxygen atoms in total. The average Bonchev–Trinajstić information content (AvgIpc) is 2.20. The maximum Gasteiger partial charge on any atom is 0.445 e. The van der Waals surface area contributed by atoms with E-state index in [4.69, 9.17) is 0 Å². The highest BCUT2D eigenvalue weighted by Gasteiger charge is 2.21. The first-order valence-corrected chi connectivity index (χ1v) is 4.97. The van der Waals surface area contributed by atoms with Gasteiger partial charge < -0.3 is 4.42 Å². The molecule has 0 bridgehead atoms. The number of nitro groups is 1. The van der Waals surface area contributed by atoms with Crippen molar-refractivity contribution in [1.82, 2.24) is 4.98 Å². The fraction of sp³-hybridized carbons (Fsp3) is 0.556. The molecule has 0 aliphatic carbocycles. The van der Waals surface area contributed by atoms with E-state index >= 15 is 0 Å². The predicted octanol–water partition coefficient (Wildman–Crippen LogP) is 0.969. The Hall–Kier alpha value is -1.92. The van der Waals surface area contributed by atoms with Crippen molar-refractivity contribution in [3.63, 3.8) is 0 Å². The summed E-state index contributed by atoms with van der Waals surface area (Å²) in [6, 6.07) is 0. The molecule has 0 atom stereocenters. The molecular weight excluding hydrogens is 216 g/mol. The number of aromatic nitrogens is 1. The van der Waals surface area contributed by atoms with Crippen molar-refractivity contribution in [3.8, 4) is 0 Å². The SMILES string of the molecule is CCCCCc1c([N+](=O)[O-])oc(=O)[nH]c1=O. The largest absolute Gasteiger partial charge is 0.445 e. The third-order valence-corrected chi connectivity index (χ3v) is 2.13. The number of aromatic amines is 1. The van der Waals surface area contributed by atoms with Gasteiger partial charge in [0.15, 0.2) is 0 Å². The van der Waals surface area contributed by atoms with Gasteiger partial charge in [0, 0.05) is 0 Å². The summed E-state index contributed by atoms with van der Waals surface area (Å²) in [4.78, 5) is 33.7. The van der Waals surface area contributed by atoms with Crippen LogP contribution in [0.25, 0.3) is 0 Å². The lowest BCUT2D eigenvalue weighted by Gasteiger charge is -1.98. The summed E-state index contributed by atoms with van der Waals surface area (Å²) < 4.78 is 4.37. The Kier molecular flexibility index (Phi) is 3.98. The summed E-state index contributed by atoms with van der Waals surface area (Å²) in [5.41, 5.74) is -0.808. The molecule has 0 saturated heterocycles. The van der Waals surface area contributed by atoms with Crippen molar-refractivity contribution < 1.29 is 9.34 Å². The minimum Gasteiger partial charge on any atom is -0.349 e. The zero-order chi connectivity index (χ0) is 12.1. The highest BCUT2D eigenvalue weighted by atomic mass is 16.7. The number of nitrogens with zero attached hydrogens (tertiary/aromatic N) is 1. The highest BCUT2D eigenvalue weighted by Crippen LogP contribution is 2.14. The van der Waals surface area contributed by atoms with Gasteiger partial charge in [-0.2, -0.15) is 0 Å². The van der Waals surface area contributed by atoms with Crippen molar-refractivity contribution in [3.05, 3.63) is 36.6 Å². The zero-order valence-corrected chi connectivity index (χ0v) is 8.82. The summed E-state index contributed by atoms with van der Waals surface area (Å²) in [5.74, 6) is -1.85. The minimum absolute atomic E-state index is 0.0712. The molecule has 88 valence electrons. The van der Waals surface area contributed by atoms with Gasteiger partial charge in [0.1, 0.15) is 10.5 Å². The number of hydrogen-bond donors (Lipinski definition) is 1. The van der Waals surface area contributed by atoms with E-state index in [1.54, 1.807) is 0 Å².